The molecule has 0 aliphatic carbocycles. The second-order valence-electron chi connectivity index (χ2n) is 4.31. The van der Waals surface area contributed by atoms with Gasteiger partial charge in [0.05, 0.1) is 17.8 Å². The van der Waals surface area contributed by atoms with Gasteiger partial charge in [0.15, 0.2) is 0 Å². The minimum absolute atomic E-state index is 0.120. The van der Waals surface area contributed by atoms with Crippen molar-refractivity contribution in [3.05, 3.63) is 66.2 Å². The van der Waals surface area contributed by atoms with E-state index in [1.165, 1.54) is 5.56 Å². The zero-order valence-electron chi connectivity index (χ0n) is 9.91. The van der Waals surface area contributed by atoms with Crippen molar-refractivity contribution in [1.29, 1.82) is 0 Å². The van der Waals surface area contributed by atoms with Gasteiger partial charge in [-0.05, 0) is 36.2 Å². The lowest BCUT2D eigenvalue weighted by Gasteiger charge is -2.10. The summed E-state index contributed by atoms with van der Waals surface area (Å²) in [5, 5.41) is 1.15. The summed E-state index contributed by atoms with van der Waals surface area (Å²) >= 11 is 0. The molecule has 0 saturated carbocycles. The first kappa shape index (κ1) is 11.0. The molecule has 3 rings (SSSR count). The van der Waals surface area contributed by atoms with Crippen LogP contribution in [-0.2, 0) is 6.42 Å². The first-order valence-corrected chi connectivity index (χ1v) is 5.96. The Bertz CT molecular complexity index is 641. The predicted molar refractivity (Wildman–Crippen MR) is 71.1 cm³/mol. The van der Waals surface area contributed by atoms with Gasteiger partial charge in [-0.3, -0.25) is 4.98 Å². The summed E-state index contributed by atoms with van der Waals surface area (Å²) in [6, 6.07) is 13.8. The molecule has 0 spiro atoms. The highest BCUT2D eigenvalue weighted by atomic mass is 16.3. The molecular weight excluding hydrogens is 224 g/mol. The minimum atomic E-state index is -0.120. The van der Waals surface area contributed by atoms with Gasteiger partial charge in [-0.1, -0.05) is 18.2 Å². The zero-order chi connectivity index (χ0) is 12.4. The normalized spacial score (nSPS) is 12.7. The fraction of sp³-hybridized carbons (Fsp3) is 0.133. The molecule has 2 N–H and O–H groups in total. The molecule has 18 heavy (non-hydrogen) atoms. The summed E-state index contributed by atoms with van der Waals surface area (Å²) in [6.45, 7) is 0. The number of hydrogen-bond donors (Lipinski definition) is 1. The molecule has 3 aromatic rings. The van der Waals surface area contributed by atoms with Crippen molar-refractivity contribution < 1.29 is 4.42 Å². The minimum Gasteiger partial charge on any atom is -0.468 e. The molecule has 0 bridgehead atoms. The Balaban J connectivity index is 1.95. The van der Waals surface area contributed by atoms with Crippen LogP contribution in [0.15, 0.2) is 59.3 Å². The maximum Gasteiger partial charge on any atom is 0.120 e. The number of pyridine rings is 1. The molecule has 1 unspecified atom stereocenters. The van der Waals surface area contributed by atoms with Crippen LogP contribution in [-0.4, -0.2) is 4.98 Å². The number of benzene rings is 1. The molecule has 0 aliphatic rings. The standard InChI is InChI=1S/C15H14N2O/c16-13(15-6-3-9-18-15)10-11-7-8-17-14-5-2-1-4-12(11)14/h1-9,13H,10,16H2. The highest BCUT2D eigenvalue weighted by Crippen LogP contribution is 2.22. The van der Waals surface area contributed by atoms with Crippen molar-refractivity contribution in [3.63, 3.8) is 0 Å². The number of fused-ring (bicyclic) bond motifs is 1. The topological polar surface area (TPSA) is 52.0 Å². The van der Waals surface area contributed by atoms with Crippen molar-refractivity contribution in [1.82, 2.24) is 4.98 Å². The average Bonchev–Trinajstić information content (AvgIpc) is 2.93. The number of rotatable bonds is 3. The summed E-state index contributed by atoms with van der Waals surface area (Å²) in [7, 11) is 0. The fourth-order valence-corrected chi connectivity index (χ4v) is 2.17. The van der Waals surface area contributed by atoms with Gasteiger partial charge < -0.3 is 10.2 Å². The van der Waals surface area contributed by atoms with Crippen LogP contribution in [0.3, 0.4) is 0 Å². The maximum atomic E-state index is 6.15. The molecule has 0 amide bonds. The Kier molecular flexibility index (Phi) is 2.82. The summed E-state index contributed by atoms with van der Waals surface area (Å²) in [5.74, 6) is 0.816. The van der Waals surface area contributed by atoms with Crippen LogP contribution in [0.2, 0.25) is 0 Å². The molecule has 2 heterocycles. The Hall–Kier alpha value is -2.13. The van der Waals surface area contributed by atoms with Crippen molar-refractivity contribution in [2.24, 2.45) is 5.73 Å². The molecule has 3 heteroatoms. The fourth-order valence-electron chi connectivity index (χ4n) is 2.17. The summed E-state index contributed by atoms with van der Waals surface area (Å²) in [6.07, 6.45) is 4.23. The van der Waals surface area contributed by atoms with Crippen LogP contribution in [0.5, 0.6) is 0 Å². The van der Waals surface area contributed by atoms with Gasteiger partial charge in [0, 0.05) is 11.6 Å². The molecule has 1 aromatic carbocycles. The lowest BCUT2D eigenvalue weighted by atomic mass is 10.0. The van der Waals surface area contributed by atoms with E-state index in [0.29, 0.717) is 0 Å². The first-order valence-electron chi connectivity index (χ1n) is 5.96. The largest absolute Gasteiger partial charge is 0.468 e. The van der Waals surface area contributed by atoms with E-state index in [-0.39, 0.29) is 6.04 Å². The number of hydrogen-bond acceptors (Lipinski definition) is 3. The molecule has 2 aromatic heterocycles. The third kappa shape index (κ3) is 2.00. The third-order valence-corrected chi connectivity index (χ3v) is 3.09. The molecular formula is C15H14N2O. The van der Waals surface area contributed by atoms with Crippen LogP contribution in [0.1, 0.15) is 17.4 Å². The first-order chi connectivity index (χ1) is 8.84. The SMILES string of the molecule is NC(Cc1ccnc2ccccc12)c1ccco1. The molecule has 0 aliphatic heterocycles. The second kappa shape index (κ2) is 4.63. The lowest BCUT2D eigenvalue weighted by Crippen LogP contribution is -2.12. The molecule has 0 saturated heterocycles. The van der Waals surface area contributed by atoms with E-state index in [0.717, 1.165) is 23.1 Å². The van der Waals surface area contributed by atoms with Crippen molar-refractivity contribution in [3.8, 4) is 0 Å². The van der Waals surface area contributed by atoms with E-state index < -0.39 is 0 Å². The van der Waals surface area contributed by atoms with Crippen molar-refractivity contribution in [2.45, 2.75) is 12.5 Å². The summed E-state index contributed by atoms with van der Waals surface area (Å²) in [5.41, 5.74) is 8.35. The molecule has 90 valence electrons. The van der Waals surface area contributed by atoms with Crippen LogP contribution in [0.25, 0.3) is 10.9 Å². The van der Waals surface area contributed by atoms with Gasteiger partial charge in [0.2, 0.25) is 0 Å². The van der Waals surface area contributed by atoms with Crippen LogP contribution in [0.4, 0.5) is 0 Å². The van der Waals surface area contributed by atoms with Crippen LogP contribution in [0, 0.1) is 0 Å². The smallest absolute Gasteiger partial charge is 0.120 e. The number of para-hydroxylation sites is 1. The van der Waals surface area contributed by atoms with E-state index >= 15 is 0 Å². The number of nitrogens with zero attached hydrogens (tertiary/aromatic N) is 1. The van der Waals surface area contributed by atoms with E-state index in [4.69, 9.17) is 10.2 Å². The van der Waals surface area contributed by atoms with Gasteiger partial charge >= 0.3 is 0 Å². The van der Waals surface area contributed by atoms with Crippen molar-refractivity contribution in [2.75, 3.05) is 0 Å². The summed E-state index contributed by atoms with van der Waals surface area (Å²) < 4.78 is 5.34. The highest BCUT2D eigenvalue weighted by molar-refractivity contribution is 5.81. The predicted octanol–water partition coefficient (Wildman–Crippen LogP) is 3.07. The zero-order valence-corrected chi connectivity index (χ0v) is 9.91. The monoisotopic (exact) mass is 238 g/mol. The Morgan fingerprint density at radius 3 is 2.83 bits per heavy atom. The van der Waals surface area contributed by atoms with Crippen molar-refractivity contribution >= 4 is 10.9 Å². The maximum absolute atomic E-state index is 6.15. The van der Waals surface area contributed by atoms with Gasteiger partial charge in [0.25, 0.3) is 0 Å². The van der Waals surface area contributed by atoms with Gasteiger partial charge in [-0.25, -0.2) is 0 Å². The number of furan rings is 1. The Morgan fingerprint density at radius 2 is 2.00 bits per heavy atom. The Labute approximate surface area is 105 Å². The van der Waals surface area contributed by atoms with Crippen LogP contribution < -0.4 is 5.73 Å². The van der Waals surface area contributed by atoms with Crippen LogP contribution >= 0.6 is 0 Å². The van der Waals surface area contributed by atoms with E-state index in [2.05, 4.69) is 11.1 Å². The molecule has 3 nitrogen and oxygen atoms in total. The Morgan fingerprint density at radius 1 is 1.11 bits per heavy atom. The lowest BCUT2D eigenvalue weighted by molar-refractivity contribution is 0.465. The number of aromatic nitrogens is 1. The van der Waals surface area contributed by atoms with E-state index in [1.54, 1.807) is 6.26 Å². The van der Waals surface area contributed by atoms with E-state index in [9.17, 15) is 0 Å². The highest BCUT2D eigenvalue weighted by Gasteiger charge is 2.11. The molecule has 0 fully saturated rings. The quantitative estimate of drug-likeness (QED) is 0.763. The molecule has 0 radical (unpaired) electrons. The van der Waals surface area contributed by atoms with Gasteiger partial charge in [0.1, 0.15) is 5.76 Å². The third-order valence-electron chi connectivity index (χ3n) is 3.09. The van der Waals surface area contributed by atoms with Gasteiger partial charge in [-0.15, -0.1) is 0 Å². The number of nitrogens with two attached hydrogens (primary N) is 1. The average molecular weight is 238 g/mol. The van der Waals surface area contributed by atoms with Gasteiger partial charge in [-0.2, -0.15) is 0 Å². The summed E-state index contributed by atoms with van der Waals surface area (Å²) in [4.78, 5) is 4.35. The molecule has 1 atom stereocenters. The second-order valence-corrected chi connectivity index (χ2v) is 4.31. The van der Waals surface area contributed by atoms with E-state index in [1.807, 2.05) is 42.6 Å².